The monoisotopic (exact) mass is 505 g/mol. The molecule has 0 unspecified atom stereocenters. The van der Waals surface area contributed by atoms with Crippen molar-refractivity contribution in [2.75, 3.05) is 32.1 Å². The quantitative estimate of drug-likeness (QED) is 0.259. The molecule has 2 heterocycles. The van der Waals surface area contributed by atoms with Gasteiger partial charge in [0.15, 0.2) is 0 Å². The summed E-state index contributed by atoms with van der Waals surface area (Å²) in [6.07, 6.45) is 5.68. The lowest BCUT2D eigenvalue weighted by Gasteiger charge is -2.31. The van der Waals surface area contributed by atoms with Crippen LogP contribution in [0.2, 0.25) is 0 Å². The highest BCUT2D eigenvalue weighted by Gasteiger charge is 2.24. The van der Waals surface area contributed by atoms with Crippen LogP contribution in [0.25, 0.3) is 11.1 Å². The van der Waals surface area contributed by atoms with Gasteiger partial charge in [-0.1, -0.05) is 54.4 Å². The van der Waals surface area contributed by atoms with Gasteiger partial charge in [-0.15, -0.1) is 11.3 Å². The van der Waals surface area contributed by atoms with Crippen LogP contribution in [0.1, 0.15) is 65.5 Å². The van der Waals surface area contributed by atoms with Crippen molar-refractivity contribution >= 4 is 28.9 Å². The number of nitrogens with zero attached hydrogens (tertiary/aromatic N) is 2. The molecule has 0 bridgehead atoms. The molecule has 1 N–H and O–H groups in total. The van der Waals surface area contributed by atoms with E-state index >= 15 is 0 Å². The molecule has 1 aliphatic heterocycles. The summed E-state index contributed by atoms with van der Waals surface area (Å²) in [5.41, 5.74) is 4.56. The standard InChI is InChI=1S/C29H35N3O3S/c1-21-11-13-22(14-12-21)24-8-5-6-9-25(24)30-28(34)26-20-36-29(31-26)23-15-18-32(19-16-23)17-7-3-4-10-27(33)35-2/h5-6,8-9,11-14,20,23H,3-4,7,10,15-19H2,1-2H3,(H,30,34). The highest BCUT2D eigenvalue weighted by molar-refractivity contribution is 7.10. The average Bonchev–Trinajstić information content (AvgIpc) is 3.40. The first kappa shape index (κ1) is 26.0. The minimum Gasteiger partial charge on any atom is -0.469 e. The van der Waals surface area contributed by atoms with Crippen LogP contribution < -0.4 is 5.32 Å². The zero-order valence-electron chi connectivity index (χ0n) is 21.2. The fourth-order valence-corrected chi connectivity index (χ4v) is 5.60. The molecule has 0 saturated carbocycles. The van der Waals surface area contributed by atoms with Gasteiger partial charge in [0.05, 0.1) is 12.1 Å². The van der Waals surface area contributed by atoms with Gasteiger partial charge in [0, 0.05) is 29.0 Å². The van der Waals surface area contributed by atoms with E-state index < -0.39 is 0 Å². The molecule has 1 saturated heterocycles. The van der Waals surface area contributed by atoms with E-state index in [1.807, 2.05) is 29.6 Å². The highest BCUT2D eigenvalue weighted by atomic mass is 32.1. The number of hydrogen-bond donors (Lipinski definition) is 1. The first-order chi connectivity index (χ1) is 17.5. The number of benzene rings is 2. The number of hydrogen-bond acceptors (Lipinski definition) is 6. The third-order valence-corrected chi connectivity index (χ3v) is 7.82. The number of aromatic nitrogens is 1. The van der Waals surface area contributed by atoms with Crippen molar-refractivity contribution in [2.24, 2.45) is 0 Å². The van der Waals surface area contributed by atoms with Gasteiger partial charge in [0.2, 0.25) is 0 Å². The van der Waals surface area contributed by atoms with Crippen LogP contribution >= 0.6 is 11.3 Å². The van der Waals surface area contributed by atoms with E-state index in [-0.39, 0.29) is 11.9 Å². The second-order valence-corrected chi connectivity index (χ2v) is 10.3. The molecule has 1 fully saturated rings. The molecule has 0 aliphatic carbocycles. The van der Waals surface area contributed by atoms with Crippen molar-refractivity contribution in [1.82, 2.24) is 9.88 Å². The Morgan fingerprint density at radius 2 is 1.81 bits per heavy atom. The van der Waals surface area contributed by atoms with E-state index in [9.17, 15) is 9.59 Å². The Morgan fingerprint density at radius 3 is 2.56 bits per heavy atom. The predicted molar refractivity (Wildman–Crippen MR) is 146 cm³/mol. The Hall–Kier alpha value is -3.03. The molecule has 0 atom stereocenters. The maximum Gasteiger partial charge on any atom is 0.305 e. The number of carbonyl (C=O) groups is 2. The summed E-state index contributed by atoms with van der Waals surface area (Å²) in [6, 6.07) is 16.2. The van der Waals surface area contributed by atoms with Crippen LogP contribution in [0.3, 0.4) is 0 Å². The van der Waals surface area contributed by atoms with Crippen molar-refractivity contribution in [2.45, 2.75) is 51.4 Å². The fraction of sp³-hybridized carbons (Fsp3) is 0.414. The van der Waals surface area contributed by atoms with Gasteiger partial charge < -0.3 is 15.0 Å². The van der Waals surface area contributed by atoms with Gasteiger partial charge in [-0.05, 0) is 63.9 Å². The number of unbranched alkanes of at least 4 members (excludes halogenated alkanes) is 2. The summed E-state index contributed by atoms with van der Waals surface area (Å²) >= 11 is 1.59. The molecule has 3 aromatic rings. The Bertz CT molecular complexity index is 1150. The minimum absolute atomic E-state index is 0.122. The third kappa shape index (κ3) is 7.02. The number of nitrogens with one attached hydrogen (secondary N) is 1. The lowest BCUT2D eigenvalue weighted by atomic mass is 9.97. The van der Waals surface area contributed by atoms with Gasteiger partial charge >= 0.3 is 5.97 Å². The van der Waals surface area contributed by atoms with Crippen molar-refractivity contribution in [3.63, 3.8) is 0 Å². The van der Waals surface area contributed by atoms with Crippen molar-refractivity contribution in [3.8, 4) is 11.1 Å². The van der Waals surface area contributed by atoms with Crippen molar-refractivity contribution in [3.05, 3.63) is 70.2 Å². The highest BCUT2D eigenvalue weighted by Crippen LogP contribution is 2.32. The van der Waals surface area contributed by atoms with Crippen LogP contribution in [0, 0.1) is 6.92 Å². The van der Waals surface area contributed by atoms with Gasteiger partial charge in [0.1, 0.15) is 5.69 Å². The number of methoxy groups -OCH3 is 1. The molecular formula is C29H35N3O3S. The Kier molecular flexibility index (Phi) is 9.25. The number of amides is 1. The molecule has 1 aromatic heterocycles. The van der Waals surface area contributed by atoms with Gasteiger partial charge in [-0.3, -0.25) is 9.59 Å². The molecule has 4 rings (SSSR count). The van der Waals surface area contributed by atoms with Gasteiger partial charge in [-0.25, -0.2) is 4.98 Å². The zero-order valence-corrected chi connectivity index (χ0v) is 22.0. The minimum atomic E-state index is -0.165. The molecule has 36 heavy (non-hydrogen) atoms. The maximum atomic E-state index is 13.0. The van der Waals surface area contributed by atoms with Gasteiger partial charge in [0.25, 0.3) is 5.91 Å². The molecule has 0 radical (unpaired) electrons. The average molecular weight is 506 g/mol. The number of piperidine rings is 1. The summed E-state index contributed by atoms with van der Waals surface area (Å²) in [5.74, 6) is 0.121. The Labute approximate surface area is 217 Å². The number of likely N-dealkylation sites (tertiary alicyclic amines) is 1. The van der Waals surface area contributed by atoms with Crippen LogP contribution in [0.4, 0.5) is 5.69 Å². The number of para-hydroxylation sites is 1. The number of ether oxygens (including phenoxy) is 1. The normalized spacial score (nSPS) is 14.5. The summed E-state index contributed by atoms with van der Waals surface area (Å²) in [4.78, 5) is 31.5. The molecule has 6 nitrogen and oxygen atoms in total. The number of rotatable bonds is 10. The van der Waals surface area contributed by atoms with Crippen molar-refractivity contribution in [1.29, 1.82) is 0 Å². The summed E-state index contributed by atoms with van der Waals surface area (Å²) in [6.45, 7) is 5.23. The topological polar surface area (TPSA) is 71.5 Å². The fourth-order valence-electron chi connectivity index (χ4n) is 4.63. The Balaban J connectivity index is 1.28. The molecule has 190 valence electrons. The first-order valence-electron chi connectivity index (χ1n) is 12.8. The zero-order chi connectivity index (χ0) is 25.3. The first-order valence-corrected chi connectivity index (χ1v) is 13.6. The molecule has 1 aliphatic rings. The lowest BCUT2D eigenvalue weighted by Crippen LogP contribution is -2.33. The van der Waals surface area contributed by atoms with E-state index in [4.69, 9.17) is 9.72 Å². The summed E-state index contributed by atoms with van der Waals surface area (Å²) in [7, 11) is 1.44. The largest absolute Gasteiger partial charge is 0.469 e. The molecule has 0 spiro atoms. The molecule has 1 amide bonds. The van der Waals surface area contributed by atoms with Gasteiger partial charge in [-0.2, -0.15) is 0 Å². The maximum absolute atomic E-state index is 13.0. The number of carbonyl (C=O) groups excluding carboxylic acids is 2. The van der Waals surface area contributed by atoms with Crippen LogP contribution in [-0.4, -0.2) is 48.5 Å². The van der Waals surface area contributed by atoms with E-state index in [1.54, 1.807) is 11.3 Å². The van der Waals surface area contributed by atoms with E-state index in [2.05, 4.69) is 41.4 Å². The predicted octanol–water partition coefficient (Wildman–Crippen LogP) is 6.28. The van der Waals surface area contributed by atoms with E-state index in [1.165, 1.54) is 12.7 Å². The van der Waals surface area contributed by atoms with Crippen LogP contribution in [0.5, 0.6) is 0 Å². The summed E-state index contributed by atoms with van der Waals surface area (Å²) < 4.78 is 4.69. The number of thiazole rings is 1. The van der Waals surface area contributed by atoms with Crippen LogP contribution in [0.15, 0.2) is 53.9 Å². The second-order valence-electron chi connectivity index (χ2n) is 9.44. The number of anilines is 1. The van der Waals surface area contributed by atoms with Crippen LogP contribution in [-0.2, 0) is 9.53 Å². The van der Waals surface area contributed by atoms with Crippen molar-refractivity contribution < 1.29 is 14.3 Å². The van der Waals surface area contributed by atoms with E-state index in [0.717, 1.165) is 73.6 Å². The number of esters is 1. The third-order valence-electron chi connectivity index (χ3n) is 6.81. The smallest absolute Gasteiger partial charge is 0.305 e. The van der Waals surface area contributed by atoms with E-state index in [0.29, 0.717) is 18.0 Å². The number of aryl methyl sites for hydroxylation is 1. The SMILES string of the molecule is COC(=O)CCCCCN1CCC(c2nc(C(=O)Nc3ccccc3-c3ccc(C)cc3)cs2)CC1. The molecule has 7 heteroatoms. The summed E-state index contributed by atoms with van der Waals surface area (Å²) in [5, 5.41) is 6.02. The second kappa shape index (κ2) is 12.8. The lowest BCUT2D eigenvalue weighted by molar-refractivity contribution is -0.140. The molecular weight excluding hydrogens is 470 g/mol. The molecule has 2 aromatic carbocycles. The Morgan fingerprint density at radius 1 is 1.06 bits per heavy atom.